The average molecular weight is 497 g/mol. The van der Waals surface area contributed by atoms with Crippen molar-refractivity contribution in [2.75, 3.05) is 25.6 Å². The van der Waals surface area contributed by atoms with Gasteiger partial charge in [-0.3, -0.25) is 4.79 Å². The molecule has 3 aromatic carbocycles. The Morgan fingerprint density at radius 1 is 1.08 bits per heavy atom. The molecule has 1 aromatic heterocycles. The highest BCUT2D eigenvalue weighted by Gasteiger charge is 2.15. The first kappa shape index (κ1) is 24.7. The topological polar surface area (TPSA) is 79.5 Å². The van der Waals surface area contributed by atoms with E-state index in [1.165, 1.54) is 17.3 Å². The van der Waals surface area contributed by atoms with Gasteiger partial charge in [0.1, 0.15) is 5.82 Å². The molecule has 7 heteroatoms. The summed E-state index contributed by atoms with van der Waals surface area (Å²) in [4.78, 5) is 27.7. The van der Waals surface area contributed by atoms with Crippen molar-refractivity contribution in [2.45, 2.75) is 32.0 Å². The van der Waals surface area contributed by atoms with Crippen LogP contribution in [0.15, 0.2) is 72.8 Å². The molecule has 0 aliphatic carbocycles. The lowest BCUT2D eigenvalue weighted by Crippen LogP contribution is -2.32. The van der Waals surface area contributed by atoms with Gasteiger partial charge in [0.05, 0.1) is 11.0 Å². The number of aromatic nitrogens is 2. The number of nitrogens with zero attached hydrogens (tertiary/aromatic N) is 2. The van der Waals surface area contributed by atoms with Crippen LogP contribution >= 0.6 is 0 Å². The number of nitrogens with one attached hydrogen (secondary N) is 2. The van der Waals surface area contributed by atoms with Crippen LogP contribution in [0.4, 0.5) is 5.69 Å². The van der Waals surface area contributed by atoms with E-state index in [-0.39, 0.29) is 12.2 Å². The number of imidazole rings is 1. The summed E-state index contributed by atoms with van der Waals surface area (Å²) in [6.07, 6.45) is 6.44. The summed E-state index contributed by atoms with van der Waals surface area (Å²) < 4.78 is 5.44. The van der Waals surface area contributed by atoms with E-state index in [9.17, 15) is 4.79 Å². The third-order valence-corrected chi connectivity index (χ3v) is 6.46. The summed E-state index contributed by atoms with van der Waals surface area (Å²) in [6, 6.07) is 23.0. The fraction of sp³-hybridized carbons (Fsp3) is 0.267. The molecule has 2 N–H and O–H groups in total. The van der Waals surface area contributed by atoms with E-state index in [2.05, 4.69) is 70.0 Å². The normalized spacial score (nSPS) is 15.8. The molecule has 1 aliphatic rings. The summed E-state index contributed by atoms with van der Waals surface area (Å²) >= 11 is 0. The fourth-order valence-corrected chi connectivity index (χ4v) is 4.35. The van der Waals surface area contributed by atoms with Gasteiger partial charge in [-0.05, 0) is 65.4 Å². The van der Waals surface area contributed by atoms with Crippen LogP contribution in [0.25, 0.3) is 28.2 Å². The molecule has 1 saturated heterocycles. The highest BCUT2D eigenvalue weighted by atomic mass is 16.8. The maximum Gasteiger partial charge on any atom is 0.267 e. The maximum absolute atomic E-state index is 12.0. The van der Waals surface area contributed by atoms with E-state index in [0.717, 1.165) is 52.8 Å². The molecule has 7 nitrogen and oxygen atoms in total. The van der Waals surface area contributed by atoms with Crippen LogP contribution in [0.5, 0.6) is 0 Å². The maximum atomic E-state index is 12.0. The molecule has 1 atom stereocenters. The average Bonchev–Trinajstić information content (AvgIpc) is 3.33. The Morgan fingerprint density at radius 3 is 2.59 bits per heavy atom. The number of rotatable bonds is 8. The van der Waals surface area contributed by atoms with Crippen LogP contribution in [-0.2, 0) is 20.8 Å². The minimum Gasteiger partial charge on any atom is -0.378 e. The quantitative estimate of drug-likeness (QED) is 0.250. The Labute approximate surface area is 217 Å². The second kappa shape index (κ2) is 11.4. The molecule has 0 spiro atoms. The number of hydrogen-bond donors (Lipinski definition) is 2. The largest absolute Gasteiger partial charge is 0.378 e. The van der Waals surface area contributed by atoms with E-state index in [0.29, 0.717) is 13.0 Å². The van der Waals surface area contributed by atoms with Crippen LogP contribution in [-0.4, -0.2) is 42.9 Å². The molecule has 0 bridgehead atoms. The number of hydrogen-bond acceptors (Lipinski definition) is 5. The first-order valence-electron chi connectivity index (χ1n) is 12.6. The van der Waals surface area contributed by atoms with Crippen molar-refractivity contribution in [1.82, 2.24) is 15.4 Å². The first-order valence-corrected chi connectivity index (χ1v) is 12.6. The van der Waals surface area contributed by atoms with Gasteiger partial charge in [0, 0.05) is 45.3 Å². The Bertz CT molecular complexity index is 1370. The minimum absolute atomic E-state index is 0.312. The van der Waals surface area contributed by atoms with E-state index in [4.69, 9.17) is 14.6 Å². The highest BCUT2D eigenvalue weighted by molar-refractivity contribution is 5.91. The molecular formula is C30H32N4O3. The van der Waals surface area contributed by atoms with Gasteiger partial charge in [-0.25, -0.2) is 15.3 Å². The van der Waals surface area contributed by atoms with Crippen molar-refractivity contribution in [2.24, 2.45) is 0 Å². The van der Waals surface area contributed by atoms with Gasteiger partial charge in [-0.15, -0.1) is 0 Å². The molecule has 4 aromatic rings. The number of carbonyl (C=O) groups is 1. The molecule has 0 saturated carbocycles. The monoisotopic (exact) mass is 496 g/mol. The van der Waals surface area contributed by atoms with E-state index in [1.54, 1.807) is 6.08 Å². The number of fused-ring (bicyclic) bond motifs is 1. The second-order valence-corrected chi connectivity index (χ2v) is 9.49. The Hall–Kier alpha value is -3.94. The van der Waals surface area contributed by atoms with Crippen molar-refractivity contribution in [3.63, 3.8) is 0 Å². The van der Waals surface area contributed by atoms with E-state index in [1.807, 2.05) is 26.2 Å². The van der Waals surface area contributed by atoms with Gasteiger partial charge in [-0.2, -0.15) is 0 Å². The molecule has 5 rings (SSSR count). The van der Waals surface area contributed by atoms with Crippen LogP contribution in [0.1, 0.15) is 36.2 Å². The number of H-pyrrole nitrogens is 1. The molecule has 1 unspecified atom stereocenters. The van der Waals surface area contributed by atoms with Crippen molar-refractivity contribution in [1.29, 1.82) is 0 Å². The van der Waals surface area contributed by atoms with Gasteiger partial charge < -0.3 is 14.6 Å². The number of carbonyl (C=O) groups excluding carboxylic acids is 1. The first-order chi connectivity index (χ1) is 18.0. The molecule has 37 heavy (non-hydrogen) atoms. The van der Waals surface area contributed by atoms with Crippen molar-refractivity contribution in [3.8, 4) is 11.1 Å². The Balaban J connectivity index is 1.18. The van der Waals surface area contributed by atoms with Gasteiger partial charge in [0.25, 0.3) is 5.91 Å². The zero-order valence-electron chi connectivity index (χ0n) is 21.2. The summed E-state index contributed by atoms with van der Waals surface area (Å²) in [5.74, 6) is 0.605. The number of anilines is 1. The third kappa shape index (κ3) is 6.44. The fourth-order valence-electron chi connectivity index (χ4n) is 4.35. The van der Waals surface area contributed by atoms with Gasteiger partial charge >= 0.3 is 0 Å². The molecule has 0 radical (unpaired) electrons. The standard InChI is InChI=1S/C30H32N4O3/c1-34(2)25-14-11-23(12-15-25)24-13-16-26-27(20-24)32-28(31-26)19-22-8-6-21(7-9-22)10-17-29(35)33-37-30-5-3-4-18-36-30/h6-17,20,30H,3-5,18-19H2,1-2H3,(H,31,32)(H,33,35)/b17-10+. The molecule has 2 heterocycles. The molecule has 1 aliphatic heterocycles. The number of hydroxylamine groups is 1. The van der Waals surface area contributed by atoms with Crippen LogP contribution in [0.2, 0.25) is 0 Å². The van der Waals surface area contributed by atoms with Gasteiger partial charge in [-0.1, -0.05) is 42.5 Å². The van der Waals surface area contributed by atoms with Gasteiger partial charge in [0.15, 0.2) is 6.29 Å². The SMILES string of the molecule is CN(C)c1ccc(-c2ccc3nc(Cc4ccc(/C=C/C(=O)NOC5CCCCO5)cc4)[nH]c3c2)cc1. The predicted molar refractivity (Wildman–Crippen MR) is 147 cm³/mol. The summed E-state index contributed by atoms with van der Waals surface area (Å²) in [6.45, 7) is 0.670. The van der Waals surface area contributed by atoms with Crippen LogP contribution in [0, 0.1) is 0 Å². The minimum atomic E-state index is -0.357. The van der Waals surface area contributed by atoms with E-state index >= 15 is 0 Å². The Kier molecular flexibility index (Phi) is 7.63. The lowest BCUT2D eigenvalue weighted by atomic mass is 10.0. The zero-order valence-corrected chi connectivity index (χ0v) is 21.2. The summed E-state index contributed by atoms with van der Waals surface area (Å²) in [5.41, 5.74) is 9.99. The van der Waals surface area contributed by atoms with Crippen molar-refractivity contribution in [3.05, 3.63) is 89.8 Å². The number of benzene rings is 3. The van der Waals surface area contributed by atoms with Gasteiger partial charge in [0.2, 0.25) is 0 Å². The van der Waals surface area contributed by atoms with Crippen LogP contribution < -0.4 is 10.4 Å². The molecule has 190 valence electrons. The van der Waals surface area contributed by atoms with E-state index < -0.39 is 0 Å². The van der Waals surface area contributed by atoms with Crippen molar-refractivity contribution < 1.29 is 14.4 Å². The Morgan fingerprint density at radius 2 is 1.86 bits per heavy atom. The smallest absolute Gasteiger partial charge is 0.267 e. The molecule has 1 fully saturated rings. The third-order valence-electron chi connectivity index (χ3n) is 6.46. The molecular weight excluding hydrogens is 464 g/mol. The second-order valence-electron chi connectivity index (χ2n) is 9.49. The van der Waals surface area contributed by atoms with Crippen molar-refractivity contribution >= 4 is 28.7 Å². The lowest BCUT2D eigenvalue weighted by Gasteiger charge is -2.21. The zero-order chi connectivity index (χ0) is 25.6. The highest BCUT2D eigenvalue weighted by Crippen LogP contribution is 2.26. The number of aromatic amines is 1. The molecule has 1 amide bonds. The lowest BCUT2D eigenvalue weighted by molar-refractivity contribution is -0.198. The predicted octanol–water partition coefficient (Wildman–Crippen LogP) is 5.47. The summed E-state index contributed by atoms with van der Waals surface area (Å²) in [7, 11) is 4.09. The summed E-state index contributed by atoms with van der Waals surface area (Å²) in [5, 5.41) is 0. The number of amides is 1. The van der Waals surface area contributed by atoms with Crippen LogP contribution in [0.3, 0.4) is 0 Å². The number of ether oxygens (including phenoxy) is 1.